The molecule has 12 heavy (non-hydrogen) atoms. The molecular formula is C8H14N4. The van der Waals surface area contributed by atoms with Crippen molar-refractivity contribution in [1.82, 2.24) is 15.2 Å². The van der Waals surface area contributed by atoms with Gasteiger partial charge in [-0.25, -0.2) is 4.98 Å². The lowest BCUT2D eigenvalue weighted by Crippen LogP contribution is -2.10. The number of nitrogens with one attached hydrogen (secondary N) is 1. The molecule has 0 amide bonds. The molecule has 4 nitrogen and oxygen atoms in total. The van der Waals surface area contributed by atoms with Crippen molar-refractivity contribution in [2.24, 2.45) is 5.73 Å². The maximum absolute atomic E-state index is 5.78. The van der Waals surface area contributed by atoms with Gasteiger partial charge in [-0.3, -0.25) is 5.10 Å². The molecular weight excluding hydrogens is 152 g/mol. The smallest absolute Gasteiger partial charge is 0.167 e. The summed E-state index contributed by atoms with van der Waals surface area (Å²) in [6.45, 7) is 2.04. The van der Waals surface area contributed by atoms with E-state index in [2.05, 4.69) is 15.2 Å². The lowest BCUT2D eigenvalue weighted by atomic mass is 10.2. The van der Waals surface area contributed by atoms with Crippen LogP contribution < -0.4 is 5.73 Å². The van der Waals surface area contributed by atoms with Crippen LogP contribution >= 0.6 is 0 Å². The molecule has 0 radical (unpaired) electrons. The van der Waals surface area contributed by atoms with Crippen LogP contribution in [0.25, 0.3) is 0 Å². The van der Waals surface area contributed by atoms with E-state index in [-0.39, 0.29) is 6.04 Å². The van der Waals surface area contributed by atoms with Crippen molar-refractivity contribution in [2.75, 3.05) is 0 Å². The number of rotatable bonds is 3. The van der Waals surface area contributed by atoms with E-state index in [1.165, 1.54) is 12.8 Å². The molecule has 1 fully saturated rings. The van der Waals surface area contributed by atoms with Gasteiger partial charge in [0, 0.05) is 5.92 Å². The van der Waals surface area contributed by atoms with Crippen LogP contribution in [0.3, 0.4) is 0 Å². The SMILES string of the molecule is CC[C@H](N)c1n[nH]c(C2CC2)n1. The molecule has 1 heterocycles. The summed E-state index contributed by atoms with van der Waals surface area (Å²) < 4.78 is 0. The minimum absolute atomic E-state index is 0.00579. The maximum atomic E-state index is 5.78. The summed E-state index contributed by atoms with van der Waals surface area (Å²) in [5, 5.41) is 7.03. The molecule has 0 aromatic carbocycles. The van der Waals surface area contributed by atoms with Gasteiger partial charge in [0.2, 0.25) is 0 Å². The first-order valence-electron chi connectivity index (χ1n) is 4.49. The van der Waals surface area contributed by atoms with Gasteiger partial charge in [0.15, 0.2) is 5.82 Å². The van der Waals surface area contributed by atoms with Gasteiger partial charge in [0.1, 0.15) is 5.82 Å². The van der Waals surface area contributed by atoms with Gasteiger partial charge >= 0.3 is 0 Å². The third-order valence-electron chi connectivity index (χ3n) is 2.26. The molecule has 1 aromatic rings. The Bertz CT molecular complexity index is 264. The van der Waals surface area contributed by atoms with Gasteiger partial charge in [0.25, 0.3) is 0 Å². The van der Waals surface area contributed by atoms with E-state index in [1.807, 2.05) is 6.92 Å². The Morgan fingerprint density at radius 3 is 3.00 bits per heavy atom. The van der Waals surface area contributed by atoms with E-state index in [0.29, 0.717) is 5.92 Å². The highest BCUT2D eigenvalue weighted by Gasteiger charge is 2.27. The fourth-order valence-corrected chi connectivity index (χ4v) is 1.18. The average Bonchev–Trinajstić information content (AvgIpc) is 2.83. The Labute approximate surface area is 71.6 Å². The second-order valence-electron chi connectivity index (χ2n) is 3.37. The zero-order chi connectivity index (χ0) is 8.55. The van der Waals surface area contributed by atoms with E-state index >= 15 is 0 Å². The van der Waals surface area contributed by atoms with Crippen LogP contribution in [0, 0.1) is 0 Å². The molecule has 4 heteroatoms. The van der Waals surface area contributed by atoms with Crippen molar-refractivity contribution >= 4 is 0 Å². The number of H-pyrrole nitrogens is 1. The Balaban J connectivity index is 2.12. The minimum Gasteiger partial charge on any atom is -0.321 e. The van der Waals surface area contributed by atoms with Gasteiger partial charge in [-0.2, -0.15) is 5.10 Å². The van der Waals surface area contributed by atoms with Gasteiger partial charge < -0.3 is 5.73 Å². The van der Waals surface area contributed by atoms with E-state index < -0.39 is 0 Å². The van der Waals surface area contributed by atoms with E-state index in [4.69, 9.17) is 5.73 Å². The topological polar surface area (TPSA) is 67.6 Å². The van der Waals surface area contributed by atoms with Crippen LogP contribution in [0.1, 0.15) is 49.8 Å². The number of hydrogen-bond acceptors (Lipinski definition) is 3. The van der Waals surface area contributed by atoms with Crippen molar-refractivity contribution in [3.8, 4) is 0 Å². The van der Waals surface area contributed by atoms with Crippen molar-refractivity contribution in [3.63, 3.8) is 0 Å². The fourth-order valence-electron chi connectivity index (χ4n) is 1.18. The normalized spacial score (nSPS) is 19.5. The highest BCUT2D eigenvalue weighted by atomic mass is 15.2. The van der Waals surface area contributed by atoms with Crippen LogP contribution in [-0.4, -0.2) is 15.2 Å². The Hall–Kier alpha value is -0.900. The average molecular weight is 166 g/mol. The second-order valence-corrected chi connectivity index (χ2v) is 3.37. The summed E-state index contributed by atoms with van der Waals surface area (Å²) in [5.74, 6) is 2.42. The van der Waals surface area contributed by atoms with Crippen LogP contribution in [-0.2, 0) is 0 Å². The number of aromatic nitrogens is 3. The summed E-state index contributed by atoms with van der Waals surface area (Å²) in [6, 6.07) is -0.00579. The minimum atomic E-state index is -0.00579. The van der Waals surface area contributed by atoms with Crippen molar-refractivity contribution in [1.29, 1.82) is 0 Å². The predicted octanol–water partition coefficient (Wildman–Crippen LogP) is 1.09. The maximum Gasteiger partial charge on any atom is 0.167 e. The summed E-state index contributed by atoms with van der Waals surface area (Å²) in [4.78, 5) is 4.35. The fraction of sp³-hybridized carbons (Fsp3) is 0.750. The van der Waals surface area contributed by atoms with Crippen LogP contribution in [0.15, 0.2) is 0 Å². The summed E-state index contributed by atoms with van der Waals surface area (Å²) in [7, 11) is 0. The lowest BCUT2D eigenvalue weighted by molar-refractivity contribution is 0.652. The first-order valence-corrected chi connectivity index (χ1v) is 4.49. The molecule has 3 N–H and O–H groups in total. The molecule has 0 aliphatic heterocycles. The summed E-state index contributed by atoms with van der Waals surface area (Å²) in [6.07, 6.45) is 3.38. The summed E-state index contributed by atoms with van der Waals surface area (Å²) in [5.41, 5.74) is 5.78. The quantitative estimate of drug-likeness (QED) is 0.706. The van der Waals surface area contributed by atoms with Crippen molar-refractivity contribution in [3.05, 3.63) is 11.6 Å². The molecule has 2 rings (SSSR count). The second kappa shape index (κ2) is 2.86. The largest absolute Gasteiger partial charge is 0.321 e. The number of nitrogens with zero attached hydrogens (tertiary/aromatic N) is 2. The summed E-state index contributed by atoms with van der Waals surface area (Å²) >= 11 is 0. The molecule has 1 aliphatic rings. The molecule has 66 valence electrons. The Morgan fingerprint density at radius 2 is 2.42 bits per heavy atom. The Morgan fingerprint density at radius 1 is 1.67 bits per heavy atom. The van der Waals surface area contributed by atoms with Crippen LogP contribution in [0.5, 0.6) is 0 Å². The number of aromatic amines is 1. The first kappa shape index (κ1) is 7.73. The van der Waals surface area contributed by atoms with Gasteiger partial charge in [0.05, 0.1) is 6.04 Å². The van der Waals surface area contributed by atoms with Gasteiger partial charge in [-0.15, -0.1) is 0 Å². The highest BCUT2D eigenvalue weighted by Crippen LogP contribution is 2.37. The van der Waals surface area contributed by atoms with Crippen molar-refractivity contribution in [2.45, 2.75) is 38.1 Å². The zero-order valence-corrected chi connectivity index (χ0v) is 7.25. The molecule has 1 saturated carbocycles. The van der Waals surface area contributed by atoms with Gasteiger partial charge in [-0.1, -0.05) is 6.92 Å². The monoisotopic (exact) mass is 166 g/mol. The number of hydrogen-bond donors (Lipinski definition) is 2. The molecule has 0 bridgehead atoms. The molecule has 0 spiro atoms. The zero-order valence-electron chi connectivity index (χ0n) is 7.25. The molecule has 1 aromatic heterocycles. The first-order chi connectivity index (χ1) is 5.81. The third-order valence-corrected chi connectivity index (χ3v) is 2.26. The van der Waals surface area contributed by atoms with E-state index in [0.717, 1.165) is 18.1 Å². The van der Waals surface area contributed by atoms with E-state index in [1.54, 1.807) is 0 Å². The van der Waals surface area contributed by atoms with Crippen molar-refractivity contribution < 1.29 is 0 Å². The van der Waals surface area contributed by atoms with E-state index in [9.17, 15) is 0 Å². The molecule has 0 saturated heterocycles. The predicted molar refractivity (Wildman–Crippen MR) is 45.6 cm³/mol. The highest BCUT2D eigenvalue weighted by molar-refractivity contribution is 5.06. The number of nitrogens with two attached hydrogens (primary N) is 1. The third kappa shape index (κ3) is 1.34. The lowest BCUT2D eigenvalue weighted by Gasteiger charge is -2.00. The molecule has 0 unspecified atom stereocenters. The molecule has 1 atom stereocenters. The Kier molecular flexibility index (Phi) is 1.84. The van der Waals surface area contributed by atoms with Gasteiger partial charge in [-0.05, 0) is 19.3 Å². The molecule has 1 aliphatic carbocycles. The van der Waals surface area contributed by atoms with Crippen LogP contribution in [0.4, 0.5) is 0 Å². The standard InChI is InChI=1S/C8H14N4/c1-2-6(9)8-10-7(11-12-8)5-3-4-5/h5-6H,2-4,9H2,1H3,(H,10,11,12)/t6-/m0/s1. The van der Waals surface area contributed by atoms with Crippen LogP contribution in [0.2, 0.25) is 0 Å².